The van der Waals surface area contributed by atoms with Crippen LogP contribution in [0.3, 0.4) is 0 Å². The standard InChI is InChI=1S/C19H19.C12H7Si.2ClH.Zr/c1-3-7-15-10-11-17-12-14(2)13-18(17)19(15)16-8-5-4-6-9-16;1-3-7-11-9(5-1)10-6-2-4-8-12(10)13-11;;;/h4-6,8-13H,3,7H2,1-2H3;1-7H;2*1H;/q2*-1;;;+4/p-2. The van der Waals surface area contributed by atoms with E-state index in [1.54, 1.807) is 0 Å². The molecule has 5 aromatic rings. The molecule has 0 N–H and O–H groups in total. The molecule has 1 aliphatic heterocycles. The Hall–Kier alpha value is -1.83. The first kappa shape index (κ1) is 29.4. The zero-order valence-corrected chi connectivity index (χ0v) is 24.9. The van der Waals surface area contributed by atoms with Gasteiger partial charge in [-0.25, -0.2) is 0 Å². The van der Waals surface area contributed by atoms with Gasteiger partial charge in [0, 0.05) is 0 Å². The van der Waals surface area contributed by atoms with Crippen LogP contribution in [0.2, 0.25) is 0 Å². The summed E-state index contributed by atoms with van der Waals surface area (Å²) in [6, 6.07) is 38.1. The van der Waals surface area contributed by atoms with Crippen LogP contribution in [-0.4, -0.2) is 9.52 Å². The minimum absolute atomic E-state index is 0. The molecule has 0 nitrogen and oxygen atoms in total. The molecular formula is C31H26Cl2SiZr. The summed E-state index contributed by atoms with van der Waals surface area (Å²) in [7, 11) is 0.795. The normalized spacial score (nSPS) is 10.6. The first-order valence-corrected chi connectivity index (χ1v) is 12.4. The third kappa shape index (κ3) is 6.30. The third-order valence-electron chi connectivity index (χ3n) is 6.04. The van der Waals surface area contributed by atoms with Gasteiger partial charge in [-0.2, -0.15) is 35.5 Å². The SMILES string of the molecule is CCCc1ccc2[cH-]c(C)cc2c1-c1ccccc1.[Cl-].[Cl-].[Zr+4].[c-]1cccc2c1[Si]c1ccccc1-2. The second-order valence-electron chi connectivity index (χ2n) is 8.38. The molecule has 0 atom stereocenters. The number of hydrogen-bond donors (Lipinski definition) is 0. The first-order chi connectivity index (χ1) is 15.7. The molecule has 0 unspecified atom stereocenters. The van der Waals surface area contributed by atoms with Crippen LogP contribution >= 0.6 is 0 Å². The van der Waals surface area contributed by atoms with Crippen molar-refractivity contribution >= 4 is 30.7 Å². The molecule has 0 spiro atoms. The van der Waals surface area contributed by atoms with E-state index in [4.69, 9.17) is 0 Å². The Kier molecular flexibility index (Phi) is 11.3. The molecule has 0 bridgehead atoms. The molecule has 1 aliphatic rings. The van der Waals surface area contributed by atoms with E-state index in [-0.39, 0.29) is 51.0 Å². The van der Waals surface area contributed by atoms with Crippen LogP contribution in [0.15, 0.2) is 97.1 Å². The van der Waals surface area contributed by atoms with Crippen molar-refractivity contribution in [1.82, 2.24) is 0 Å². The minimum atomic E-state index is 0. The van der Waals surface area contributed by atoms with Gasteiger partial charge in [0.15, 0.2) is 0 Å². The summed E-state index contributed by atoms with van der Waals surface area (Å²) in [5, 5.41) is 5.58. The van der Waals surface area contributed by atoms with Crippen LogP contribution in [0, 0.1) is 13.0 Å². The molecular weight excluding hydrogens is 563 g/mol. The van der Waals surface area contributed by atoms with Crippen molar-refractivity contribution in [3.8, 4) is 22.3 Å². The van der Waals surface area contributed by atoms with Crippen molar-refractivity contribution in [2.75, 3.05) is 0 Å². The monoisotopic (exact) mass is 586 g/mol. The Bertz CT molecular complexity index is 1330. The first-order valence-electron chi connectivity index (χ1n) is 11.4. The molecule has 0 saturated heterocycles. The van der Waals surface area contributed by atoms with Gasteiger partial charge >= 0.3 is 26.2 Å². The van der Waals surface area contributed by atoms with Crippen LogP contribution in [0.5, 0.6) is 0 Å². The van der Waals surface area contributed by atoms with Crippen molar-refractivity contribution in [3.63, 3.8) is 0 Å². The zero-order valence-electron chi connectivity index (χ0n) is 19.9. The molecule has 0 amide bonds. The molecule has 0 fully saturated rings. The van der Waals surface area contributed by atoms with Crippen LogP contribution in [0.4, 0.5) is 0 Å². The average molecular weight is 589 g/mol. The minimum Gasteiger partial charge on any atom is -1.00 e. The Morgan fingerprint density at radius 3 is 2.31 bits per heavy atom. The smallest absolute Gasteiger partial charge is 1.00 e. The van der Waals surface area contributed by atoms with Crippen LogP contribution in [0.25, 0.3) is 33.0 Å². The van der Waals surface area contributed by atoms with Crippen LogP contribution in [-0.2, 0) is 32.6 Å². The molecule has 35 heavy (non-hydrogen) atoms. The Labute approximate surface area is 243 Å². The number of benzene rings is 4. The molecule has 0 aliphatic carbocycles. The van der Waals surface area contributed by atoms with Crippen LogP contribution in [0.1, 0.15) is 24.5 Å². The van der Waals surface area contributed by atoms with Gasteiger partial charge < -0.3 is 24.8 Å². The van der Waals surface area contributed by atoms with Gasteiger partial charge in [0.1, 0.15) is 0 Å². The van der Waals surface area contributed by atoms with E-state index in [1.165, 1.54) is 60.9 Å². The summed E-state index contributed by atoms with van der Waals surface area (Å²) in [6.45, 7) is 4.42. The van der Waals surface area contributed by atoms with Gasteiger partial charge in [-0.15, -0.1) is 40.1 Å². The molecule has 2 radical (unpaired) electrons. The second kappa shape index (κ2) is 13.5. The van der Waals surface area contributed by atoms with Gasteiger partial charge in [-0.1, -0.05) is 96.7 Å². The summed E-state index contributed by atoms with van der Waals surface area (Å²) in [6.07, 6.45) is 2.33. The zero-order chi connectivity index (χ0) is 21.9. The fraction of sp³-hybridized carbons (Fsp3) is 0.129. The average Bonchev–Trinajstić information content (AvgIpc) is 3.40. The predicted octanol–water partition coefficient (Wildman–Crippen LogP) is 0.614. The van der Waals surface area contributed by atoms with E-state index in [0.29, 0.717) is 0 Å². The molecule has 5 aromatic carbocycles. The van der Waals surface area contributed by atoms with Gasteiger partial charge in [0.2, 0.25) is 0 Å². The van der Waals surface area contributed by atoms with E-state index in [1.807, 2.05) is 6.07 Å². The number of rotatable bonds is 3. The number of aryl methyl sites for hydroxylation is 2. The van der Waals surface area contributed by atoms with E-state index in [0.717, 1.165) is 15.9 Å². The molecule has 6 rings (SSSR count). The van der Waals surface area contributed by atoms with E-state index in [2.05, 4.69) is 111 Å². The van der Waals surface area contributed by atoms with Gasteiger partial charge in [0.25, 0.3) is 0 Å². The molecule has 0 saturated carbocycles. The fourth-order valence-corrected chi connectivity index (χ4v) is 5.94. The summed E-state index contributed by atoms with van der Waals surface area (Å²) < 4.78 is 0. The maximum atomic E-state index is 3.31. The van der Waals surface area contributed by atoms with E-state index < -0.39 is 0 Å². The molecule has 1 heterocycles. The van der Waals surface area contributed by atoms with Crippen molar-refractivity contribution in [3.05, 3.63) is 114 Å². The molecule has 172 valence electrons. The number of hydrogen-bond acceptors (Lipinski definition) is 0. The fourth-order valence-electron chi connectivity index (χ4n) is 4.63. The van der Waals surface area contributed by atoms with Crippen molar-refractivity contribution < 1.29 is 51.0 Å². The number of fused-ring (bicyclic) bond motifs is 4. The van der Waals surface area contributed by atoms with Crippen molar-refractivity contribution in [2.45, 2.75) is 26.7 Å². The van der Waals surface area contributed by atoms with Gasteiger partial charge in [0.05, 0.1) is 9.52 Å². The maximum Gasteiger partial charge on any atom is 4.00 e. The van der Waals surface area contributed by atoms with Crippen molar-refractivity contribution in [1.29, 1.82) is 0 Å². The Morgan fingerprint density at radius 1 is 0.829 bits per heavy atom. The Balaban J connectivity index is 0.000000239. The topological polar surface area (TPSA) is 0 Å². The summed E-state index contributed by atoms with van der Waals surface area (Å²) in [5.74, 6) is 0. The van der Waals surface area contributed by atoms with Gasteiger partial charge in [-0.05, 0) is 12.0 Å². The van der Waals surface area contributed by atoms with Gasteiger partial charge in [-0.3, -0.25) is 0 Å². The summed E-state index contributed by atoms with van der Waals surface area (Å²) >= 11 is 0. The third-order valence-corrected chi connectivity index (χ3v) is 7.40. The maximum absolute atomic E-state index is 3.31. The summed E-state index contributed by atoms with van der Waals surface area (Å²) in [5.41, 5.74) is 8.34. The van der Waals surface area contributed by atoms with E-state index >= 15 is 0 Å². The quantitative estimate of drug-likeness (QED) is 0.210. The Morgan fingerprint density at radius 2 is 1.54 bits per heavy atom. The predicted molar refractivity (Wildman–Crippen MR) is 139 cm³/mol. The largest absolute Gasteiger partial charge is 4.00 e. The number of halogens is 2. The molecule has 4 heteroatoms. The van der Waals surface area contributed by atoms with Crippen molar-refractivity contribution in [2.24, 2.45) is 0 Å². The summed E-state index contributed by atoms with van der Waals surface area (Å²) in [4.78, 5) is 0. The van der Waals surface area contributed by atoms with Crippen LogP contribution < -0.4 is 35.2 Å². The van der Waals surface area contributed by atoms with E-state index in [9.17, 15) is 0 Å². The second-order valence-corrected chi connectivity index (χ2v) is 9.67. The molecule has 0 aromatic heterocycles.